The van der Waals surface area contributed by atoms with Gasteiger partial charge in [-0.25, -0.2) is 14.6 Å². The first-order valence-electron chi connectivity index (χ1n) is 8.98. The van der Waals surface area contributed by atoms with Crippen molar-refractivity contribution in [2.45, 2.75) is 6.54 Å². The summed E-state index contributed by atoms with van der Waals surface area (Å²) in [6, 6.07) is 18.0. The van der Waals surface area contributed by atoms with Crippen molar-refractivity contribution in [1.82, 2.24) is 29.9 Å². The number of nitrogens with one attached hydrogen (secondary N) is 1. The van der Waals surface area contributed by atoms with Gasteiger partial charge in [0.25, 0.3) is 0 Å². The molecule has 0 spiro atoms. The summed E-state index contributed by atoms with van der Waals surface area (Å²) >= 11 is 0. The Morgan fingerprint density at radius 1 is 0.964 bits per heavy atom. The molecular formula is C21H17N7. The highest BCUT2D eigenvalue weighted by atomic mass is 15.4. The van der Waals surface area contributed by atoms with E-state index in [9.17, 15) is 0 Å². The van der Waals surface area contributed by atoms with Gasteiger partial charge in [0.15, 0.2) is 5.65 Å². The summed E-state index contributed by atoms with van der Waals surface area (Å²) in [6.45, 7) is 0.592. The molecule has 1 aromatic carbocycles. The second-order valence-corrected chi connectivity index (χ2v) is 6.50. The number of fused-ring (bicyclic) bond motifs is 2. The van der Waals surface area contributed by atoms with E-state index >= 15 is 0 Å². The van der Waals surface area contributed by atoms with Crippen molar-refractivity contribution in [3.63, 3.8) is 0 Å². The highest BCUT2D eigenvalue weighted by molar-refractivity contribution is 5.79. The topological polar surface area (TPSA) is 81.4 Å². The molecule has 0 bridgehead atoms. The zero-order valence-electron chi connectivity index (χ0n) is 15.2. The molecule has 0 aliphatic rings. The van der Waals surface area contributed by atoms with Gasteiger partial charge in [-0.3, -0.25) is 4.98 Å². The average Bonchev–Trinajstić information content (AvgIpc) is 3.16. The quantitative estimate of drug-likeness (QED) is 0.523. The first kappa shape index (κ1) is 16.3. The van der Waals surface area contributed by atoms with E-state index in [0.29, 0.717) is 6.54 Å². The SMILES string of the molecule is CNc1ccc(-c2ccc3nnn(Cc4ccc5ncccc5c4)c3n2)cn1. The van der Waals surface area contributed by atoms with Gasteiger partial charge in [0, 0.05) is 30.4 Å². The Balaban J connectivity index is 1.51. The Hall–Kier alpha value is -3.87. The third-order valence-corrected chi connectivity index (χ3v) is 4.67. The number of hydrogen-bond acceptors (Lipinski definition) is 6. The number of benzene rings is 1. The van der Waals surface area contributed by atoms with Crippen molar-refractivity contribution >= 4 is 27.9 Å². The van der Waals surface area contributed by atoms with E-state index in [1.165, 1.54) is 0 Å². The summed E-state index contributed by atoms with van der Waals surface area (Å²) in [4.78, 5) is 13.5. The van der Waals surface area contributed by atoms with Crippen LogP contribution < -0.4 is 5.32 Å². The van der Waals surface area contributed by atoms with E-state index in [1.807, 2.05) is 54.3 Å². The summed E-state index contributed by atoms with van der Waals surface area (Å²) in [5.41, 5.74) is 5.42. The molecule has 5 rings (SSSR count). The first-order chi connectivity index (χ1) is 13.8. The van der Waals surface area contributed by atoms with E-state index in [1.54, 1.807) is 6.20 Å². The van der Waals surface area contributed by atoms with E-state index in [-0.39, 0.29) is 0 Å². The minimum absolute atomic E-state index is 0.592. The molecule has 5 aromatic rings. The summed E-state index contributed by atoms with van der Waals surface area (Å²) in [7, 11) is 1.85. The third-order valence-electron chi connectivity index (χ3n) is 4.67. The van der Waals surface area contributed by atoms with Crippen LogP contribution in [0.1, 0.15) is 5.56 Å². The highest BCUT2D eigenvalue weighted by Gasteiger charge is 2.10. The van der Waals surface area contributed by atoms with Crippen LogP contribution in [0.3, 0.4) is 0 Å². The monoisotopic (exact) mass is 367 g/mol. The zero-order valence-corrected chi connectivity index (χ0v) is 15.2. The van der Waals surface area contributed by atoms with Gasteiger partial charge in [-0.2, -0.15) is 0 Å². The number of nitrogens with zero attached hydrogens (tertiary/aromatic N) is 6. The molecule has 0 aliphatic carbocycles. The lowest BCUT2D eigenvalue weighted by Crippen LogP contribution is -2.03. The number of anilines is 1. The van der Waals surface area contributed by atoms with Crippen molar-refractivity contribution in [2.75, 3.05) is 12.4 Å². The van der Waals surface area contributed by atoms with Crippen LogP contribution in [0.25, 0.3) is 33.3 Å². The lowest BCUT2D eigenvalue weighted by molar-refractivity contribution is 0.665. The number of hydrogen-bond donors (Lipinski definition) is 1. The molecule has 7 nitrogen and oxygen atoms in total. The fourth-order valence-electron chi connectivity index (χ4n) is 3.21. The Bertz CT molecular complexity index is 1280. The maximum absolute atomic E-state index is 4.78. The smallest absolute Gasteiger partial charge is 0.179 e. The molecule has 0 atom stereocenters. The van der Waals surface area contributed by atoms with Crippen LogP contribution in [0.5, 0.6) is 0 Å². The third kappa shape index (κ3) is 2.92. The van der Waals surface area contributed by atoms with Crippen LogP contribution in [0, 0.1) is 0 Å². The van der Waals surface area contributed by atoms with Crippen molar-refractivity contribution < 1.29 is 0 Å². The van der Waals surface area contributed by atoms with Crippen LogP contribution in [0.2, 0.25) is 0 Å². The summed E-state index contributed by atoms with van der Waals surface area (Å²) in [5, 5.41) is 12.7. The minimum Gasteiger partial charge on any atom is -0.373 e. The molecule has 0 unspecified atom stereocenters. The van der Waals surface area contributed by atoms with Crippen LogP contribution in [0.4, 0.5) is 5.82 Å². The van der Waals surface area contributed by atoms with Crippen LogP contribution in [-0.4, -0.2) is 37.0 Å². The molecule has 0 saturated heterocycles. The maximum atomic E-state index is 4.78. The van der Waals surface area contributed by atoms with Gasteiger partial charge >= 0.3 is 0 Å². The van der Waals surface area contributed by atoms with E-state index in [4.69, 9.17) is 4.98 Å². The van der Waals surface area contributed by atoms with Gasteiger partial charge in [0.2, 0.25) is 0 Å². The fraction of sp³-hybridized carbons (Fsp3) is 0.0952. The van der Waals surface area contributed by atoms with E-state index in [0.717, 1.165) is 44.7 Å². The molecule has 4 heterocycles. The van der Waals surface area contributed by atoms with Gasteiger partial charge in [-0.15, -0.1) is 5.10 Å². The van der Waals surface area contributed by atoms with E-state index < -0.39 is 0 Å². The second-order valence-electron chi connectivity index (χ2n) is 6.50. The molecular weight excluding hydrogens is 350 g/mol. The Morgan fingerprint density at radius 2 is 1.89 bits per heavy atom. The fourth-order valence-corrected chi connectivity index (χ4v) is 3.21. The molecule has 0 fully saturated rings. The van der Waals surface area contributed by atoms with Crippen LogP contribution in [-0.2, 0) is 6.54 Å². The first-order valence-corrected chi connectivity index (χ1v) is 8.98. The van der Waals surface area contributed by atoms with Crippen LogP contribution >= 0.6 is 0 Å². The number of aromatic nitrogens is 6. The largest absolute Gasteiger partial charge is 0.373 e. The minimum atomic E-state index is 0.592. The van der Waals surface area contributed by atoms with Crippen molar-refractivity contribution in [1.29, 1.82) is 0 Å². The standard InChI is InChI=1S/C21H17N7/c1-22-20-9-5-16(12-24-20)18-7-8-19-21(25-18)28(27-26-19)13-14-4-6-17-15(11-14)3-2-10-23-17/h2-12H,13H2,1H3,(H,22,24). The van der Waals surface area contributed by atoms with Gasteiger partial charge in [-0.05, 0) is 48.0 Å². The van der Waals surface area contributed by atoms with E-state index in [2.05, 4.69) is 43.8 Å². The summed E-state index contributed by atoms with van der Waals surface area (Å²) in [5.74, 6) is 0.822. The molecule has 1 N–H and O–H groups in total. The Labute approximate surface area is 161 Å². The molecule has 7 heteroatoms. The van der Waals surface area contributed by atoms with Crippen molar-refractivity contribution in [3.8, 4) is 11.3 Å². The lowest BCUT2D eigenvalue weighted by Gasteiger charge is -2.06. The molecule has 0 aliphatic heterocycles. The van der Waals surface area contributed by atoms with Gasteiger partial charge in [0.05, 0.1) is 17.8 Å². The zero-order chi connectivity index (χ0) is 18.9. The van der Waals surface area contributed by atoms with Gasteiger partial charge < -0.3 is 5.32 Å². The second kappa shape index (κ2) is 6.70. The van der Waals surface area contributed by atoms with Crippen LogP contribution in [0.15, 0.2) is 67.0 Å². The Kier molecular flexibility index (Phi) is 3.90. The highest BCUT2D eigenvalue weighted by Crippen LogP contribution is 2.21. The average molecular weight is 367 g/mol. The number of pyridine rings is 3. The van der Waals surface area contributed by atoms with Crippen molar-refractivity contribution in [2.24, 2.45) is 0 Å². The van der Waals surface area contributed by atoms with Gasteiger partial charge in [0.1, 0.15) is 11.3 Å². The lowest BCUT2D eigenvalue weighted by atomic mass is 10.1. The molecule has 0 amide bonds. The number of rotatable bonds is 4. The molecule has 28 heavy (non-hydrogen) atoms. The summed E-state index contributed by atoms with van der Waals surface area (Å²) in [6.07, 6.45) is 3.61. The summed E-state index contributed by atoms with van der Waals surface area (Å²) < 4.78 is 1.83. The molecule has 0 saturated carbocycles. The maximum Gasteiger partial charge on any atom is 0.179 e. The normalized spacial score (nSPS) is 11.2. The molecule has 136 valence electrons. The Morgan fingerprint density at radius 3 is 2.75 bits per heavy atom. The van der Waals surface area contributed by atoms with Crippen molar-refractivity contribution in [3.05, 3.63) is 72.6 Å². The predicted molar refractivity (Wildman–Crippen MR) is 109 cm³/mol. The van der Waals surface area contributed by atoms with Gasteiger partial charge in [-0.1, -0.05) is 17.3 Å². The predicted octanol–water partition coefficient (Wildman–Crippen LogP) is 3.53. The molecule has 0 radical (unpaired) electrons. The molecule has 4 aromatic heterocycles.